The molecule has 1 aromatic heterocycles. The number of hydrogen-bond donors (Lipinski definition) is 1. The maximum absolute atomic E-state index is 12.6. The molecule has 0 saturated heterocycles. The molecule has 0 aliphatic rings. The molecule has 1 aromatic carbocycles. The van der Waals surface area contributed by atoms with Crippen molar-refractivity contribution in [1.82, 2.24) is 10.1 Å². The first kappa shape index (κ1) is 13.5. The smallest absolute Gasteiger partial charge is 0.337 e. The molecule has 0 bridgehead atoms. The predicted octanol–water partition coefficient (Wildman–Crippen LogP) is 3.17. The van der Waals surface area contributed by atoms with Crippen LogP contribution in [0.3, 0.4) is 0 Å². The maximum atomic E-state index is 12.6. The first-order valence-electron chi connectivity index (χ1n) is 5.68. The van der Waals surface area contributed by atoms with Crippen molar-refractivity contribution < 1.29 is 17.7 Å². The summed E-state index contributed by atoms with van der Waals surface area (Å²) >= 11 is 0. The Morgan fingerprint density at radius 1 is 1.37 bits per heavy atom. The Bertz CT molecular complexity index is 565. The van der Waals surface area contributed by atoms with Gasteiger partial charge in [0, 0.05) is 5.56 Å². The van der Waals surface area contributed by atoms with Crippen molar-refractivity contribution in [3.05, 3.63) is 35.7 Å². The lowest BCUT2D eigenvalue weighted by Gasteiger charge is -2.06. The van der Waals surface area contributed by atoms with Crippen LogP contribution in [0.5, 0.6) is 0 Å². The van der Waals surface area contributed by atoms with Crippen LogP contribution in [0.15, 0.2) is 28.8 Å². The highest BCUT2D eigenvalue weighted by atomic mass is 19.4. The summed E-state index contributed by atoms with van der Waals surface area (Å²) in [5, 5.41) is 3.65. The number of benzene rings is 1. The van der Waals surface area contributed by atoms with Gasteiger partial charge in [-0.1, -0.05) is 24.2 Å². The van der Waals surface area contributed by atoms with E-state index in [1.54, 1.807) is 0 Å². The number of alkyl halides is 3. The maximum Gasteiger partial charge on any atom is 0.416 e. The van der Waals surface area contributed by atoms with Gasteiger partial charge in [0.1, 0.15) is 0 Å². The minimum absolute atomic E-state index is 0.102. The summed E-state index contributed by atoms with van der Waals surface area (Å²) in [7, 11) is 0. The lowest BCUT2D eigenvalue weighted by atomic mass is 10.1. The second-order valence-corrected chi connectivity index (χ2v) is 4.05. The topological polar surface area (TPSA) is 64.9 Å². The molecule has 0 aliphatic carbocycles. The Morgan fingerprint density at radius 3 is 2.74 bits per heavy atom. The van der Waals surface area contributed by atoms with Gasteiger partial charge in [-0.25, -0.2) is 0 Å². The van der Waals surface area contributed by atoms with Crippen LogP contribution in [0.1, 0.15) is 30.8 Å². The highest BCUT2D eigenvalue weighted by molar-refractivity contribution is 5.55. The Hall–Kier alpha value is -1.89. The first-order chi connectivity index (χ1) is 8.91. The fourth-order valence-corrected chi connectivity index (χ4v) is 1.51. The molecule has 2 rings (SSSR count). The summed E-state index contributed by atoms with van der Waals surface area (Å²) in [6, 6.07) is 4.34. The Kier molecular flexibility index (Phi) is 3.57. The summed E-state index contributed by atoms with van der Waals surface area (Å²) in [5.41, 5.74) is 5.20. The molecular weight excluding hydrogens is 259 g/mol. The number of aromatic nitrogens is 2. The van der Waals surface area contributed by atoms with Crippen LogP contribution < -0.4 is 5.73 Å². The predicted molar refractivity (Wildman–Crippen MR) is 62.0 cm³/mol. The number of nitrogens with zero attached hydrogens (tertiary/aromatic N) is 2. The van der Waals surface area contributed by atoms with E-state index in [1.807, 2.05) is 6.92 Å². The van der Waals surface area contributed by atoms with E-state index in [4.69, 9.17) is 10.3 Å². The molecule has 0 fully saturated rings. The van der Waals surface area contributed by atoms with E-state index >= 15 is 0 Å². The van der Waals surface area contributed by atoms with Gasteiger partial charge in [0.05, 0.1) is 11.6 Å². The molecule has 1 heterocycles. The number of hydrogen-bond acceptors (Lipinski definition) is 4. The van der Waals surface area contributed by atoms with Crippen LogP contribution in [-0.4, -0.2) is 10.1 Å². The third-order valence-corrected chi connectivity index (χ3v) is 2.65. The largest absolute Gasteiger partial charge is 0.416 e. The van der Waals surface area contributed by atoms with Crippen LogP contribution in [0.4, 0.5) is 13.2 Å². The molecule has 2 N–H and O–H groups in total. The van der Waals surface area contributed by atoms with Gasteiger partial charge in [-0.3, -0.25) is 0 Å². The number of rotatable bonds is 3. The molecule has 1 atom stereocenters. The van der Waals surface area contributed by atoms with Gasteiger partial charge in [0.2, 0.25) is 11.7 Å². The quantitative estimate of drug-likeness (QED) is 0.931. The van der Waals surface area contributed by atoms with Crippen LogP contribution >= 0.6 is 0 Å². The zero-order valence-electron chi connectivity index (χ0n) is 10.1. The minimum Gasteiger partial charge on any atom is -0.337 e. The molecule has 19 heavy (non-hydrogen) atoms. The Balaban J connectivity index is 2.34. The van der Waals surface area contributed by atoms with Crippen molar-refractivity contribution in [1.29, 1.82) is 0 Å². The van der Waals surface area contributed by atoms with Gasteiger partial charge in [0.15, 0.2) is 0 Å². The summed E-state index contributed by atoms with van der Waals surface area (Å²) in [5.74, 6) is 0.319. The summed E-state index contributed by atoms with van der Waals surface area (Å²) < 4.78 is 42.7. The molecule has 2 aromatic rings. The molecule has 102 valence electrons. The van der Waals surface area contributed by atoms with Crippen molar-refractivity contribution >= 4 is 0 Å². The average molecular weight is 271 g/mol. The van der Waals surface area contributed by atoms with Gasteiger partial charge in [-0.2, -0.15) is 18.2 Å². The minimum atomic E-state index is -4.40. The first-order valence-corrected chi connectivity index (χ1v) is 5.68. The molecule has 0 spiro atoms. The Morgan fingerprint density at radius 2 is 2.11 bits per heavy atom. The second kappa shape index (κ2) is 5.00. The van der Waals surface area contributed by atoms with E-state index in [1.165, 1.54) is 12.1 Å². The van der Waals surface area contributed by atoms with Crippen molar-refractivity contribution in [3.63, 3.8) is 0 Å². The summed E-state index contributed by atoms with van der Waals surface area (Å²) in [6.45, 7) is 1.85. The standard InChI is InChI=1S/C12H12F3N3O/c1-2-9(16)11-17-10(18-19-11)7-4-3-5-8(6-7)12(13,14)15/h3-6,9H,2,16H2,1H3/t9-/m0/s1. The van der Waals surface area contributed by atoms with E-state index in [-0.39, 0.29) is 17.3 Å². The normalized spacial score (nSPS) is 13.5. The van der Waals surface area contributed by atoms with Crippen LogP contribution in [-0.2, 0) is 6.18 Å². The van der Waals surface area contributed by atoms with Crippen molar-refractivity contribution in [2.75, 3.05) is 0 Å². The van der Waals surface area contributed by atoms with Gasteiger partial charge in [0.25, 0.3) is 0 Å². The zero-order valence-corrected chi connectivity index (χ0v) is 10.1. The lowest BCUT2D eigenvalue weighted by molar-refractivity contribution is -0.137. The van der Waals surface area contributed by atoms with E-state index < -0.39 is 17.8 Å². The molecule has 0 aliphatic heterocycles. The molecular formula is C12H12F3N3O. The van der Waals surface area contributed by atoms with Crippen LogP contribution in [0.25, 0.3) is 11.4 Å². The number of nitrogens with two attached hydrogens (primary N) is 1. The highest BCUT2D eigenvalue weighted by Gasteiger charge is 2.30. The van der Waals surface area contributed by atoms with Crippen LogP contribution in [0.2, 0.25) is 0 Å². The molecule has 4 nitrogen and oxygen atoms in total. The fraction of sp³-hybridized carbons (Fsp3) is 0.333. The van der Waals surface area contributed by atoms with Gasteiger partial charge in [-0.15, -0.1) is 0 Å². The molecule has 7 heteroatoms. The second-order valence-electron chi connectivity index (χ2n) is 4.05. The third-order valence-electron chi connectivity index (χ3n) is 2.65. The van der Waals surface area contributed by atoms with Gasteiger partial charge >= 0.3 is 6.18 Å². The van der Waals surface area contributed by atoms with Gasteiger partial charge < -0.3 is 10.3 Å². The van der Waals surface area contributed by atoms with Gasteiger partial charge in [-0.05, 0) is 18.6 Å². The Labute approximate surface area is 107 Å². The highest BCUT2D eigenvalue weighted by Crippen LogP contribution is 2.31. The van der Waals surface area contributed by atoms with E-state index in [9.17, 15) is 13.2 Å². The SMILES string of the molecule is CC[C@H](N)c1nc(-c2cccc(C(F)(F)F)c2)no1. The summed E-state index contributed by atoms with van der Waals surface area (Å²) in [4.78, 5) is 4.00. The van der Waals surface area contributed by atoms with E-state index in [0.717, 1.165) is 12.1 Å². The van der Waals surface area contributed by atoms with Crippen molar-refractivity contribution in [2.45, 2.75) is 25.6 Å². The fourth-order valence-electron chi connectivity index (χ4n) is 1.51. The third kappa shape index (κ3) is 2.93. The average Bonchev–Trinajstić information content (AvgIpc) is 2.86. The van der Waals surface area contributed by atoms with E-state index in [2.05, 4.69) is 10.1 Å². The van der Waals surface area contributed by atoms with Crippen molar-refractivity contribution in [2.24, 2.45) is 5.73 Å². The zero-order chi connectivity index (χ0) is 14.0. The lowest BCUT2D eigenvalue weighted by Crippen LogP contribution is -2.08. The monoisotopic (exact) mass is 271 g/mol. The molecule has 0 radical (unpaired) electrons. The van der Waals surface area contributed by atoms with E-state index in [0.29, 0.717) is 6.42 Å². The molecule has 0 saturated carbocycles. The van der Waals surface area contributed by atoms with Crippen molar-refractivity contribution in [3.8, 4) is 11.4 Å². The summed E-state index contributed by atoms with van der Waals surface area (Å²) in [6.07, 6.45) is -3.80. The molecule has 0 unspecified atom stereocenters. The molecule has 0 amide bonds. The number of halogens is 3. The van der Waals surface area contributed by atoms with Crippen LogP contribution in [0, 0.1) is 0 Å².